The molecule has 0 saturated carbocycles. The number of ether oxygens (including phenoxy) is 3. The van der Waals surface area contributed by atoms with E-state index in [2.05, 4.69) is 15.5 Å². The van der Waals surface area contributed by atoms with E-state index in [0.717, 1.165) is 21.9 Å². The molecule has 1 amide bonds. The zero-order valence-electron chi connectivity index (χ0n) is 16.3. The average molecular weight is 411 g/mol. The van der Waals surface area contributed by atoms with E-state index in [9.17, 15) is 4.79 Å². The van der Waals surface area contributed by atoms with Crippen molar-refractivity contribution in [1.82, 2.24) is 10.2 Å². The molecule has 0 fully saturated rings. The summed E-state index contributed by atoms with van der Waals surface area (Å²) in [6, 6.07) is 13.1. The molecule has 0 aliphatic carbocycles. The van der Waals surface area contributed by atoms with Crippen LogP contribution in [0.1, 0.15) is 16.1 Å². The van der Waals surface area contributed by atoms with Crippen LogP contribution in [0.4, 0.5) is 5.13 Å². The summed E-state index contributed by atoms with van der Waals surface area (Å²) in [5.41, 5.74) is 1.91. The first-order valence-electron chi connectivity index (χ1n) is 8.77. The molecule has 3 aromatic rings. The fourth-order valence-corrected chi connectivity index (χ4v) is 3.35. The number of nitrogens with one attached hydrogen (secondary N) is 1. The Bertz CT molecular complexity index is 999. The summed E-state index contributed by atoms with van der Waals surface area (Å²) >= 11 is 1.33. The molecule has 8 heteroatoms. The molecule has 0 unspecified atom stereocenters. The maximum Gasteiger partial charge on any atom is 0.250 e. The summed E-state index contributed by atoms with van der Waals surface area (Å²) in [4.78, 5) is 12.1. The molecular weight excluding hydrogens is 390 g/mol. The van der Waals surface area contributed by atoms with E-state index < -0.39 is 0 Å². The lowest BCUT2D eigenvalue weighted by atomic mass is 10.1. The highest BCUT2D eigenvalue weighted by Gasteiger charge is 2.10. The Balaban J connectivity index is 1.59. The van der Waals surface area contributed by atoms with E-state index in [4.69, 9.17) is 14.2 Å². The number of amides is 1. The molecule has 0 saturated heterocycles. The highest BCUT2D eigenvalue weighted by atomic mass is 32.1. The molecule has 1 N–H and O–H groups in total. The van der Waals surface area contributed by atoms with E-state index >= 15 is 0 Å². The number of carbonyl (C=O) groups excluding carboxylic acids is 1. The normalized spacial score (nSPS) is 10.7. The SMILES string of the molecule is COc1ccc(C=CC(=O)Nc2nnc(Cc3ccc(OC)c(OC)c3)s2)cc1. The van der Waals surface area contributed by atoms with Gasteiger partial charge in [0.15, 0.2) is 11.5 Å². The molecule has 7 nitrogen and oxygen atoms in total. The van der Waals surface area contributed by atoms with Gasteiger partial charge in [-0.1, -0.05) is 29.5 Å². The van der Waals surface area contributed by atoms with Crippen molar-refractivity contribution in [2.45, 2.75) is 6.42 Å². The largest absolute Gasteiger partial charge is 0.497 e. The van der Waals surface area contributed by atoms with Gasteiger partial charge in [-0.25, -0.2) is 0 Å². The minimum absolute atomic E-state index is 0.269. The van der Waals surface area contributed by atoms with Crippen molar-refractivity contribution in [3.63, 3.8) is 0 Å². The summed E-state index contributed by atoms with van der Waals surface area (Å²) < 4.78 is 15.7. The quantitative estimate of drug-likeness (QED) is 0.568. The Morgan fingerprint density at radius 2 is 1.76 bits per heavy atom. The van der Waals surface area contributed by atoms with Gasteiger partial charge in [-0.05, 0) is 41.5 Å². The second-order valence-electron chi connectivity index (χ2n) is 5.96. The second kappa shape index (κ2) is 9.70. The monoisotopic (exact) mass is 411 g/mol. The van der Waals surface area contributed by atoms with Crippen molar-refractivity contribution >= 4 is 28.5 Å². The first kappa shape index (κ1) is 20.3. The van der Waals surface area contributed by atoms with Crippen molar-refractivity contribution in [3.8, 4) is 17.2 Å². The van der Waals surface area contributed by atoms with Crippen LogP contribution in [0.3, 0.4) is 0 Å². The zero-order valence-corrected chi connectivity index (χ0v) is 17.2. The maximum atomic E-state index is 12.1. The van der Waals surface area contributed by atoms with E-state index in [0.29, 0.717) is 23.1 Å². The van der Waals surface area contributed by atoms with Crippen molar-refractivity contribution in [3.05, 3.63) is 64.7 Å². The number of nitrogens with zero attached hydrogens (tertiary/aromatic N) is 2. The highest BCUT2D eigenvalue weighted by Crippen LogP contribution is 2.29. The topological polar surface area (TPSA) is 82.6 Å². The Kier molecular flexibility index (Phi) is 6.80. The molecule has 0 aliphatic heterocycles. The summed E-state index contributed by atoms with van der Waals surface area (Å²) in [5.74, 6) is 1.83. The first-order chi connectivity index (χ1) is 14.1. The van der Waals surface area contributed by atoms with Crippen molar-refractivity contribution in [2.24, 2.45) is 0 Å². The molecule has 0 radical (unpaired) electrons. The van der Waals surface area contributed by atoms with Crippen LogP contribution in [0.2, 0.25) is 0 Å². The first-order valence-corrected chi connectivity index (χ1v) is 9.59. The predicted molar refractivity (Wildman–Crippen MR) is 113 cm³/mol. The number of methoxy groups -OCH3 is 3. The van der Waals surface area contributed by atoms with Crippen LogP contribution in [-0.4, -0.2) is 37.4 Å². The van der Waals surface area contributed by atoms with Gasteiger partial charge in [-0.2, -0.15) is 0 Å². The third-order valence-corrected chi connectivity index (χ3v) is 4.88. The van der Waals surface area contributed by atoms with Gasteiger partial charge in [0, 0.05) is 12.5 Å². The lowest BCUT2D eigenvalue weighted by Crippen LogP contribution is -2.07. The number of anilines is 1. The van der Waals surface area contributed by atoms with Gasteiger partial charge in [-0.15, -0.1) is 10.2 Å². The van der Waals surface area contributed by atoms with Crippen LogP contribution in [0.5, 0.6) is 17.2 Å². The second-order valence-corrected chi connectivity index (χ2v) is 7.02. The van der Waals surface area contributed by atoms with E-state index in [1.807, 2.05) is 42.5 Å². The number of carbonyl (C=O) groups is 1. The zero-order chi connectivity index (χ0) is 20.6. The van der Waals surface area contributed by atoms with Gasteiger partial charge in [0.1, 0.15) is 10.8 Å². The maximum absolute atomic E-state index is 12.1. The molecule has 0 aliphatic rings. The van der Waals surface area contributed by atoms with Gasteiger partial charge >= 0.3 is 0 Å². The van der Waals surface area contributed by atoms with Crippen molar-refractivity contribution < 1.29 is 19.0 Å². The molecule has 29 heavy (non-hydrogen) atoms. The standard InChI is InChI=1S/C21H21N3O4S/c1-26-16-8-4-14(5-9-16)7-11-19(25)22-21-24-23-20(29-21)13-15-6-10-17(27-2)18(12-15)28-3/h4-12H,13H2,1-3H3,(H,22,24,25). The van der Waals surface area contributed by atoms with Crippen LogP contribution in [0, 0.1) is 0 Å². The third-order valence-electron chi connectivity index (χ3n) is 4.04. The summed E-state index contributed by atoms with van der Waals surface area (Å²) in [6.07, 6.45) is 3.76. The smallest absolute Gasteiger partial charge is 0.250 e. The highest BCUT2D eigenvalue weighted by molar-refractivity contribution is 7.15. The van der Waals surface area contributed by atoms with Gasteiger partial charge in [0.2, 0.25) is 11.0 Å². The van der Waals surface area contributed by atoms with E-state index in [1.54, 1.807) is 27.4 Å². The number of aromatic nitrogens is 2. The molecule has 2 aromatic carbocycles. The molecular formula is C21H21N3O4S. The van der Waals surface area contributed by atoms with Crippen LogP contribution in [0.25, 0.3) is 6.08 Å². The van der Waals surface area contributed by atoms with Gasteiger partial charge < -0.3 is 14.2 Å². The number of benzene rings is 2. The third kappa shape index (κ3) is 5.55. The lowest BCUT2D eigenvalue weighted by molar-refractivity contribution is -0.111. The minimum atomic E-state index is -0.269. The molecule has 0 bridgehead atoms. The van der Waals surface area contributed by atoms with Crippen LogP contribution < -0.4 is 19.5 Å². The Hall–Kier alpha value is -3.39. The van der Waals surface area contributed by atoms with Crippen molar-refractivity contribution in [1.29, 1.82) is 0 Å². The van der Waals surface area contributed by atoms with Gasteiger partial charge in [-0.3, -0.25) is 10.1 Å². The van der Waals surface area contributed by atoms with Crippen LogP contribution in [-0.2, 0) is 11.2 Å². The van der Waals surface area contributed by atoms with Gasteiger partial charge in [0.05, 0.1) is 21.3 Å². The van der Waals surface area contributed by atoms with Gasteiger partial charge in [0.25, 0.3) is 0 Å². The summed E-state index contributed by atoms with van der Waals surface area (Å²) in [7, 11) is 4.81. The van der Waals surface area contributed by atoms with E-state index in [-0.39, 0.29) is 5.91 Å². The fourth-order valence-electron chi connectivity index (χ4n) is 2.57. The average Bonchev–Trinajstić information content (AvgIpc) is 3.19. The van der Waals surface area contributed by atoms with Crippen LogP contribution in [0.15, 0.2) is 48.5 Å². The molecule has 1 heterocycles. The number of rotatable bonds is 8. The summed E-state index contributed by atoms with van der Waals surface area (Å²) in [5, 5.41) is 12.1. The minimum Gasteiger partial charge on any atom is -0.497 e. The number of hydrogen-bond acceptors (Lipinski definition) is 7. The number of hydrogen-bond donors (Lipinski definition) is 1. The Morgan fingerprint density at radius 3 is 2.45 bits per heavy atom. The molecule has 150 valence electrons. The molecule has 3 rings (SSSR count). The lowest BCUT2D eigenvalue weighted by Gasteiger charge is -2.08. The Morgan fingerprint density at radius 1 is 1.00 bits per heavy atom. The van der Waals surface area contributed by atoms with Crippen molar-refractivity contribution in [2.75, 3.05) is 26.6 Å². The predicted octanol–water partition coefficient (Wildman–Crippen LogP) is 3.81. The Labute approximate surface area is 173 Å². The molecule has 1 aromatic heterocycles. The molecule has 0 spiro atoms. The molecule has 0 atom stereocenters. The van der Waals surface area contributed by atoms with E-state index in [1.165, 1.54) is 17.4 Å². The summed E-state index contributed by atoms with van der Waals surface area (Å²) in [6.45, 7) is 0. The van der Waals surface area contributed by atoms with Crippen LogP contribution >= 0.6 is 11.3 Å². The fraction of sp³-hybridized carbons (Fsp3) is 0.190.